The van der Waals surface area contributed by atoms with E-state index in [0.717, 1.165) is 4.88 Å². The van der Waals surface area contributed by atoms with Crippen LogP contribution in [0.3, 0.4) is 0 Å². The number of hydrogen-bond acceptors (Lipinski definition) is 7. The van der Waals surface area contributed by atoms with Crippen LogP contribution in [0, 0.1) is 6.92 Å². The van der Waals surface area contributed by atoms with Gasteiger partial charge in [-0.25, -0.2) is 0 Å². The Morgan fingerprint density at radius 1 is 1.17 bits per heavy atom. The highest BCUT2D eigenvalue weighted by atomic mass is 32.1. The molecule has 0 fully saturated rings. The van der Waals surface area contributed by atoms with Crippen LogP contribution >= 0.6 is 11.3 Å². The number of rotatable bonds is 8. The van der Waals surface area contributed by atoms with Crippen LogP contribution in [0.15, 0.2) is 58.4 Å². The molecule has 0 saturated heterocycles. The van der Waals surface area contributed by atoms with E-state index >= 15 is 0 Å². The second-order valence-electron chi connectivity index (χ2n) is 6.57. The lowest BCUT2D eigenvalue weighted by Crippen LogP contribution is -2.30. The number of thiophene rings is 1. The third kappa shape index (κ3) is 5.77. The molecule has 3 rings (SSSR count). The Bertz CT molecular complexity index is 1000. The van der Waals surface area contributed by atoms with Crippen molar-refractivity contribution in [2.24, 2.45) is 0 Å². The molecule has 2 aromatic heterocycles. The highest BCUT2D eigenvalue weighted by molar-refractivity contribution is 7.10. The second kappa shape index (κ2) is 9.84. The molecule has 0 aliphatic carbocycles. The number of benzene rings is 1. The number of nitrogens with one attached hydrogen (secondary N) is 2. The molecule has 0 aliphatic rings. The average Bonchev–Trinajstić information content (AvgIpc) is 3.38. The molecule has 2 N–H and O–H groups in total. The van der Waals surface area contributed by atoms with Crippen molar-refractivity contribution in [1.29, 1.82) is 0 Å². The number of ether oxygens (including phenoxy) is 1. The Balaban J connectivity index is 1.75. The Kier molecular flexibility index (Phi) is 6.97. The number of anilines is 1. The summed E-state index contributed by atoms with van der Waals surface area (Å²) >= 11 is 1.42. The maximum absolute atomic E-state index is 12.8. The van der Waals surface area contributed by atoms with Crippen molar-refractivity contribution in [2.45, 2.75) is 32.4 Å². The number of aryl methyl sites for hydroxylation is 1. The fourth-order valence-corrected chi connectivity index (χ4v) is 3.60. The smallest absolute Gasteiger partial charge is 0.309 e. The van der Waals surface area contributed by atoms with Crippen LogP contribution in [-0.2, 0) is 19.1 Å². The third-order valence-electron chi connectivity index (χ3n) is 4.10. The quantitative estimate of drug-likeness (QED) is 0.532. The van der Waals surface area contributed by atoms with Gasteiger partial charge in [0.1, 0.15) is 5.76 Å². The van der Waals surface area contributed by atoms with Crippen molar-refractivity contribution in [3.8, 4) is 0 Å². The fraction of sp³-hybridized carbons (Fsp3) is 0.238. The summed E-state index contributed by atoms with van der Waals surface area (Å²) in [6, 6.07) is 13.4. The van der Waals surface area contributed by atoms with E-state index in [9.17, 15) is 14.4 Å². The first kappa shape index (κ1) is 21.3. The number of esters is 1. The molecule has 2 amide bonds. The van der Waals surface area contributed by atoms with Gasteiger partial charge in [0.2, 0.25) is 12.0 Å². The number of hydrogen-bond donors (Lipinski definition) is 2. The van der Waals surface area contributed by atoms with E-state index in [-0.39, 0.29) is 18.1 Å². The molecule has 156 valence electrons. The Morgan fingerprint density at radius 3 is 2.53 bits per heavy atom. The molecule has 0 saturated carbocycles. The van der Waals surface area contributed by atoms with Crippen LogP contribution in [0.2, 0.25) is 0 Å². The molecule has 3 aromatic rings. The summed E-state index contributed by atoms with van der Waals surface area (Å²) in [7, 11) is 0. The summed E-state index contributed by atoms with van der Waals surface area (Å²) in [6.07, 6.45) is -1.29. The molecular formula is C21H21N3O5S. The predicted molar refractivity (Wildman–Crippen MR) is 111 cm³/mol. The molecule has 0 radical (unpaired) electrons. The van der Waals surface area contributed by atoms with E-state index < -0.39 is 24.0 Å². The molecule has 0 spiro atoms. The van der Waals surface area contributed by atoms with Gasteiger partial charge in [0.15, 0.2) is 5.82 Å². The summed E-state index contributed by atoms with van der Waals surface area (Å²) < 4.78 is 10.5. The zero-order valence-electron chi connectivity index (χ0n) is 16.5. The van der Waals surface area contributed by atoms with Crippen LogP contribution in [-0.4, -0.2) is 22.9 Å². The lowest BCUT2D eigenvalue weighted by Gasteiger charge is -2.20. The predicted octanol–water partition coefficient (Wildman–Crippen LogP) is 3.54. The van der Waals surface area contributed by atoms with Gasteiger partial charge in [-0.3, -0.25) is 14.4 Å². The number of amides is 2. The topological polar surface area (TPSA) is 111 Å². The van der Waals surface area contributed by atoms with Crippen LogP contribution in [0.1, 0.15) is 41.7 Å². The van der Waals surface area contributed by atoms with Crippen molar-refractivity contribution < 1.29 is 23.6 Å². The Labute approximate surface area is 177 Å². The molecule has 9 heteroatoms. The first-order chi connectivity index (χ1) is 14.4. The summed E-state index contributed by atoms with van der Waals surface area (Å²) in [5.74, 6) is -0.686. The largest absolute Gasteiger partial charge is 0.447 e. The first-order valence-corrected chi connectivity index (χ1v) is 10.1. The third-order valence-corrected chi connectivity index (χ3v) is 5.09. The van der Waals surface area contributed by atoms with Crippen LogP contribution < -0.4 is 10.6 Å². The zero-order chi connectivity index (χ0) is 21.5. The van der Waals surface area contributed by atoms with E-state index in [1.807, 2.05) is 17.5 Å². The van der Waals surface area contributed by atoms with Gasteiger partial charge < -0.3 is 19.9 Å². The lowest BCUT2D eigenvalue weighted by atomic mass is 10.1. The monoisotopic (exact) mass is 427 g/mol. The van der Waals surface area contributed by atoms with E-state index in [0.29, 0.717) is 11.3 Å². The number of aromatic nitrogens is 1. The van der Waals surface area contributed by atoms with Gasteiger partial charge in [-0.1, -0.05) is 41.6 Å². The highest BCUT2D eigenvalue weighted by Gasteiger charge is 2.28. The van der Waals surface area contributed by atoms with Crippen molar-refractivity contribution >= 4 is 34.9 Å². The van der Waals surface area contributed by atoms with Crippen molar-refractivity contribution in [1.82, 2.24) is 10.5 Å². The Hall–Kier alpha value is -3.46. The minimum atomic E-state index is -1.18. The molecule has 2 atom stereocenters. The number of carbonyl (C=O) groups is 3. The Morgan fingerprint density at radius 2 is 1.93 bits per heavy atom. The van der Waals surface area contributed by atoms with Gasteiger partial charge in [0.25, 0.3) is 5.91 Å². The molecule has 0 bridgehead atoms. The van der Waals surface area contributed by atoms with E-state index in [2.05, 4.69) is 15.8 Å². The summed E-state index contributed by atoms with van der Waals surface area (Å²) in [4.78, 5) is 37.9. The minimum Gasteiger partial charge on any atom is -0.447 e. The van der Waals surface area contributed by atoms with Gasteiger partial charge in [-0.15, -0.1) is 11.3 Å². The van der Waals surface area contributed by atoms with Gasteiger partial charge in [-0.2, -0.15) is 0 Å². The van der Waals surface area contributed by atoms with Crippen LogP contribution in [0.5, 0.6) is 0 Å². The molecular weight excluding hydrogens is 406 g/mol. The molecule has 30 heavy (non-hydrogen) atoms. The molecule has 2 unspecified atom stereocenters. The van der Waals surface area contributed by atoms with Gasteiger partial charge in [0, 0.05) is 23.4 Å². The summed E-state index contributed by atoms with van der Waals surface area (Å²) in [5.41, 5.74) is 0.510. The number of nitrogens with zero attached hydrogens (tertiary/aromatic N) is 1. The zero-order valence-corrected chi connectivity index (χ0v) is 17.3. The second-order valence-corrected chi connectivity index (χ2v) is 7.54. The first-order valence-electron chi connectivity index (χ1n) is 9.21. The van der Waals surface area contributed by atoms with Crippen LogP contribution in [0.25, 0.3) is 0 Å². The van der Waals surface area contributed by atoms with Crippen molar-refractivity contribution in [3.05, 3.63) is 70.1 Å². The normalized spacial score (nSPS) is 12.6. The highest BCUT2D eigenvalue weighted by Crippen LogP contribution is 2.25. The lowest BCUT2D eigenvalue weighted by molar-refractivity contribution is -0.155. The van der Waals surface area contributed by atoms with Crippen LogP contribution in [0.4, 0.5) is 5.82 Å². The standard InChI is InChI=1S/C21H21N3O5S/c1-13-11-18(24-29-13)23-21(27)20(15-7-4-3-5-8-15)28-19(26)12-16(22-14(2)25)17-9-6-10-30-17/h3-11,16,20H,12H2,1-2H3,(H,22,25)(H,23,24,27). The van der Waals surface area contributed by atoms with Crippen molar-refractivity contribution in [3.63, 3.8) is 0 Å². The van der Waals surface area contributed by atoms with Gasteiger partial charge >= 0.3 is 5.97 Å². The molecule has 8 nitrogen and oxygen atoms in total. The molecule has 2 heterocycles. The van der Waals surface area contributed by atoms with E-state index in [1.54, 1.807) is 43.3 Å². The maximum atomic E-state index is 12.8. The summed E-state index contributed by atoms with van der Waals surface area (Å²) in [5, 5.41) is 10.9. The SMILES string of the molecule is CC(=O)NC(CC(=O)OC(C(=O)Nc1cc(C)on1)c1ccccc1)c1cccs1. The van der Waals surface area contributed by atoms with E-state index in [1.165, 1.54) is 18.3 Å². The summed E-state index contributed by atoms with van der Waals surface area (Å²) in [6.45, 7) is 3.08. The number of carbonyl (C=O) groups excluding carboxylic acids is 3. The molecule has 1 aromatic carbocycles. The fourth-order valence-electron chi connectivity index (χ4n) is 2.82. The molecule has 0 aliphatic heterocycles. The average molecular weight is 427 g/mol. The van der Waals surface area contributed by atoms with E-state index in [4.69, 9.17) is 9.26 Å². The van der Waals surface area contributed by atoms with Crippen molar-refractivity contribution in [2.75, 3.05) is 5.32 Å². The minimum absolute atomic E-state index is 0.111. The maximum Gasteiger partial charge on any atom is 0.309 e. The van der Waals surface area contributed by atoms with Gasteiger partial charge in [-0.05, 0) is 18.4 Å². The van der Waals surface area contributed by atoms with Gasteiger partial charge in [0.05, 0.1) is 12.5 Å².